The Bertz CT molecular complexity index is 993. The molecule has 6 nitrogen and oxygen atoms in total. The molecule has 1 fully saturated rings. The van der Waals surface area contributed by atoms with E-state index in [1.807, 2.05) is 40.8 Å². The molecule has 1 saturated heterocycles. The Balaban J connectivity index is 1.61. The number of nitrogens with zero attached hydrogens (tertiary/aromatic N) is 2. The van der Waals surface area contributed by atoms with Crippen LogP contribution in [0.5, 0.6) is 0 Å². The van der Waals surface area contributed by atoms with Crippen molar-refractivity contribution in [2.45, 2.75) is 45.6 Å². The maximum atomic E-state index is 13.0. The zero-order chi connectivity index (χ0) is 20.8. The minimum absolute atomic E-state index is 0.00958. The molecular weight excluding hydrogens is 388 g/mol. The number of amides is 1. The van der Waals surface area contributed by atoms with Crippen LogP contribution in [0.1, 0.15) is 44.7 Å². The Kier molecular flexibility index (Phi) is 5.11. The highest BCUT2D eigenvalue weighted by Crippen LogP contribution is 2.41. The SMILES string of the molecule is CC(C)(CC(=O)O)CC(=O)N1C[C@H]2C[C@H](C1)c1c(-c3cccs3)ccc(=O)n1C2. The van der Waals surface area contributed by atoms with E-state index in [1.54, 1.807) is 17.4 Å². The lowest BCUT2D eigenvalue weighted by Gasteiger charge is -2.44. The second-order valence-corrected chi connectivity index (χ2v) is 10.0. The van der Waals surface area contributed by atoms with Crippen LogP contribution in [0, 0.1) is 11.3 Å². The van der Waals surface area contributed by atoms with Gasteiger partial charge in [0.05, 0.1) is 6.42 Å². The summed E-state index contributed by atoms with van der Waals surface area (Å²) in [7, 11) is 0. The van der Waals surface area contributed by atoms with Gasteiger partial charge in [-0.1, -0.05) is 19.9 Å². The van der Waals surface area contributed by atoms with Crippen LogP contribution in [-0.4, -0.2) is 39.5 Å². The molecule has 0 unspecified atom stereocenters. The van der Waals surface area contributed by atoms with Gasteiger partial charge in [-0.05, 0) is 35.3 Å². The van der Waals surface area contributed by atoms with Gasteiger partial charge in [0.15, 0.2) is 0 Å². The molecule has 29 heavy (non-hydrogen) atoms. The maximum Gasteiger partial charge on any atom is 0.303 e. The van der Waals surface area contributed by atoms with E-state index in [2.05, 4.69) is 6.07 Å². The number of likely N-dealkylation sites (tertiary alicyclic amines) is 1. The third-order valence-electron chi connectivity index (χ3n) is 5.99. The number of pyridine rings is 1. The second kappa shape index (κ2) is 7.44. The lowest BCUT2D eigenvalue weighted by molar-refractivity contribution is -0.141. The molecule has 7 heteroatoms. The molecule has 1 N–H and O–H groups in total. The number of aromatic nitrogens is 1. The lowest BCUT2D eigenvalue weighted by Crippen LogP contribution is -2.50. The van der Waals surface area contributed by atoms with Gasteiger partial charge in [0.2, 0.25) is 5.91 Å². The van der Waals surface area contributed by atoms with E-state index >= 15 is 0 Å². The minimum Gasteiger partial charge on any atom is -0.481 e. The van der Waals surface area contributed by atoms with Crippen molar-refractivity contribution in [2.24, 2.45) is 11.3 Å². The number of hydrogen-bond donors (Lipinski definition) is 1. The standard InChI is InChI=1S/C22H26N2O4S/c1-22(2,10-20(27)28)9-19(26)23-11-14-8-15(13-23)21-16(17-4-3-7-29-17)5-6-18(25)24(21)12-14/h3-7,14-15H,8-13H2,1-2H3,(H,27,28)/t14-,15-/m1/s1. The first-order valence-electron chi connectivity index (χ1n) is 10.0. The van der Waals surface area contributed by atoms with Gasteiger partial charge in [0.1, 0.15) is 0 Å². The molecule has 2 atom stereocenters. The number of carboxylic acids is 1. The van der Waals surface area contributed by atoms with Crippen molar-refractivity contribution in [1.29, 1.82) is 0 Å². The molecule has 2 aromatic rings. The molecule has 4 rings (SSSR count). The molecule has 2 aliphatic rings. The third kappa shape index (κ3) is 4.01. The number of thiophene rings is 1. The van der Waals surface area contributed by atoms with Gasteiger partial charge in [-0.3, -0.25) is 14.4 Å². The van der Waals surface area contributed by atoms with Crippen molar-refractivity contribution in [1.82, 2.24) is 9.47 Å². The van der Waals surface area contributed by atoms with Gasteiger partial charge in [-0.2, -0.15) is 0 Å². The van der Waals surface area contributed by atoms with Crippen LogP contribution >= 0.6 is 11.3 Å². The highest BCUT2D eigenvalue weighted by atomic mass is 32.1. The molecule has 1 amide bonds. The zero-order valence-corrected chi connectivity index (χ0v) is 17.6. The van der Waals surface area contributed by atoms with Crippen molar-refractivity contribution in [2.75, 3.05) is 13.1 Å². The van der Waals surface area contributed by atoms with Crippen LogP contribution < -0.4 is 5.56 Å². The average molecular weight is 415 g/mol. The Hall–Kier alpha value is -2.41. The molecule has 2 aromatic heterocycles. The topological polar surface area (TPSA) is 79.6 Å². The van der Waals surface area contributed by atoms with Crippen LogP contribution in [0.2, 0.25) is 0 Å². The number of aliphatic carboxylic acids is 1. The number of rotatable bonds is 5. The van der Waals surface area contributed by atoms with Crippen LogP contribution in [-0.2, 0) is 16.1 Å². The average Bonchev–Trinajstić information content (AvgIpc) is 3.15. The lowest BCUT2D eigenvalue weighted by atomic mass is 9.80. The predicted octanol–water partition coefficient (Wildman–Crippen LogP) is 3.41. The van der Waals surface area contributed by atoms with E-state index in [-0.39, 0.29) is 36.1 Å². The fourth-order valence-electron chi connectivity index (χ4n) is 4.85. The fourth-order valence-corrected chi connectivity index (χ4v) is 5.61. The molecule has 4 heterocycles. The van der Waals surface area contributed by atoms with Gasteiger partial charge < -0.3 is 14.6 Å². The van der Waals surface area contributed by atoms with Crippen molar-refractivity contribution in [3.05, 3.63) is 45.7 Å². The summed E-state index contributed by atoms with van der Waals surface area (Å²) in [6, 6.07) is 7.64. The Morgan fingerprint density at radius 1 is 1.17 bits per heavy atom. The van der Waals surface area contributed by atoms with Gasteiger partial charge in [-0.25, -0.2) is 0 Å². The summed E-state index contributed by atoms with van der Waals surface area (Å²) in [5.41, 5.74) is 1.58. The number of fused-ring (bicyclic) bond motifs is 4. The number of carboxylic acid groups (broad SMARTS) is 1. The van der Waals surface area contributed by atoms with Crippen molar-refractivity contribution in [3.8, 4) is 10.4 Å². The molecule has 0 aromatic carbocycles. The molecule has 2 aliphatic heterocycles. The summed E-state index contributed by atoms with van der Waals surface area (Å²) < 4.78 is 1.91. The third-order valence-corrected chi connectivity index (χ3v) is 6.89. The Labute approximate surface area is 173 Å². The monoisotopic (exact) mass is 414 g/mol. The number of hydrogen-bond acceptors (Lipinski definition) is 4. The van der Waals surface area contributed by atoms with Gasteiger partial charge in [0.25, 0.3) is 5.56 Å². The zero-order valence-electron chi connectivity index (χ0n) is 16.8. The quantitative estimate of drug-likeness (QED) is 0.813. The van der Waals surface area contributed by atoms with E-state index in [4.69, 9.17) is 5.11 Å². The van der Waals surface area contributed by atoms with Gasteiger partial charge in [-0.15, -0.1) is 11.3 Å². The Morgan fingerprint density at radius 3 is 2.66 bits per heavy atom. The molecular formula is C22H26N2O4S. The first-order chi connectivity index (χ1) is 13.7. The summed E-state index contributed by atoms with van der Waals surface area (Å²) in [4.78, 5) is 39.7. The van der Waals surface area contributed by atoms with Crippen LogP contribution in [0.15, 0.2) is 34.4 Å². The van der Waals surface area contributed by atoms with Crippen molar-refractivity contribution in [3.63, 3.8) is 0 Å². The number of piperidine rings is 1. The normalized spacial score (nSPS) is 21.0. The summed E-state index contributed by atoms with van der Waals surface area (Å²) in [5.74, 6) is -0.494. The summed E-state index contributed by atoms with van der Waals surface area (Å²) >= 11 is 1.66. The second-order valence-electron chi connectivity index (χ2n) is 9.07. The van der Waals surface area contributed by atoms with E-state index in [0.29, 0.717) is 19.6 Å². The summed E-state index contributed by atoms with van der Waals surface area (Å²) in [6.45, 7) is 5.50. The fraction of sp³-hybridized carbons (Fsp3) is 0.500. The maximum absolute atomic E-state index is 13.0. The van der Waals surface area contributed by atoms with Crippen molar-refractivity contribution < 1.29 is 14.7 Å². The number of carbonyl (C=O) groups excluding carboxylic acids is 1. The first-order valence-corrected chi connectivity index (χ1v) is 10.9. The minimum atomic E-state index is -0.882. The summed E-state index contributed by atoms with van der Waals surface area (Å²) in [6.07, 6.45) is 1.17. The molecule has 154 valence electrons. The van der Waals surface area contributed by atoms with Crippen LogP contribution in [0.4, 0.5) is 0 Å². The largest absolute Gasteiger partial charge is 0.481 e. The first kappa shape index (κ1) is 19.9. The summed E-state index contributed by atoms with van der Waals surface area (Å²) in [5, 5.41) is 11.1. The molecule has 0 radical (unpaired) electrons. The van der Waals surface area contributed by atoms with E-state index in [1.165, 1.54) is 0 Å². The molecule has 2 bridgehead atoms. The molecule has 0 aliphatic carbocycles. The highest BCUT2D eigenvalue weighted by Gasteiger charge is 2.39. The van der Waals surface area contributed by atoms with Crippen LogP contribution in [0.3, 0.4) is 0 Å². The van der Waals surface area contributed by atoms with E-state index in [9.17, 15) is 14.4 Å². The molecule has 0 saturated carbocycles. The van der Waals surface area contributed by atoms with Crippen molar-refractivity contribution >= 4 is 23.2 Å². The van der Waals surface area contributed by atoms with E-state index < -0.39 is 11.4 Å². The predicted molar refractivity (Wildman–Crippen MR) is 112 cm³/mol. The molecule has 0 spiro atoms. The number of carbonyl (C=O) groups is 2. The van der Waals surface area contributed by atoms with Gasteiger partial charge in [0, 0.05) is 54.2 Å². The smallest absolute Gasteiger partial charge is 0.303 e. The Morgan fingerprint density at radius 2 is 1.97 bits per heavy atom. The highest BCUT2D eigenvalue weighted by molar-refractivity contribution is 7.13. The van der Waals surface area contributed by atoms with Crippen LogP contribution in [0.25, 0.3) is 10.4 Å². The van der Waals surface area contributed by atoms with E-state index in [0.717, 1.165) is 22.6 Å². The van der Waals surface area contributed by atoms with Gasteiger partial charge >= 0.3 is 5.97 Å².